The lowest BCUT2D eigenvalue weighted by molar-refractivity contribution is 0.634. The Morgan fingerprint density at radius 2 is 2.14 bits per heavy atom. The zero-order valence-corrected chi connectivity index (χ0v) is 8.96. The molecule has 2 nitrogen and oxygen atoms in total. The topological polar surface area (TPSA) is 38.9 Å². The third-order valence-electron chi connectivity index (χ3n) is 2.72. The van der Waals surface area contributed by atoms with Crippen LogP contribution in [0.15, 0.2) is 12.3 Å². The maximum absolute atomic E-state index is 5.91. The summed E-state index contributed by atoms with van der Waals surface area (Å²) in [6.07, 6.45) is 5.12. The third-order valence-corrected chi connectivity index (χ3v) is 2.72. The van der Waals surface area contributed by atoms with Crippen LogP contribution in [-0.4, -0.2) is 11.0 Å². The molecule has 1 atom stereocenters. The number of hydrogen-bond donors (Lipinski definition) is 1. The van der Waals surface area contributed by atoms with E-state index in [1.54, 1.807) is 0 Å². The maximum Gasteiger partial charge on any atom is 0.0409 e. The molecule has 0 fully saturated rings. The minimum Gasteiger partial charge on any atom is -0.327 e. The minimum absolute atomic E-state index is 0.320. The van der Waals surface area contributed by atoms with Gasteiger partial charge in [-0.05, 0) is 42.4 Å². The lowest BCUT2D eigenvalue weighted by Gasteiger charge is -2.05. The van der Waals surface area contributed by atoms with E-state index in [1.165, 1.54) is 16.8 Å². The van der Waals surface area contributed by atoms with Crippen molar-refractivity contribution in [2.75, 3.05) is 0 Å². The van der Waals surface area contributed by atoms with Gasteiger partial charge in [0.05, 0.1) is 0 Å². The second-order valence-corrected chi connectivity index (χ2v) is 4.71. The van der Waals surface area contributed by atoms with Crippen molar-refractivity contribution in [2.45, 2.75) is 39.2 Å². The Balaban J connectivity index is 2.20. The van der Waals surface area contributed by atoms with Crippen molar-refractivity contribution < 1.29 is 0 Å². The first kappa shape index (κ1) is 9.66. The molecule has 0 radical (unpaired) electrons. The summed E-state index contributed by atoms with van der Waals surface area (Å²) in [6.45, 7) is 4.45. The molecule has 2 heteroatoms. The van der Waals surface area contributed by atoms with Gasteiger partial charge in [-0.25, -0.2) is 0 Å². The predicted molar refractivity (Wildman–Crippen MR) is 58.2 cm³/mol. The summed E-state index contributed by atoms with van der Waals surface area (Å²) in [6, 6.07) is 2.56. The van der Waals surface area contributed by atoms with E-state index >= 15 is 0 Å². The van der Waals surface area contributed by atoms with E-state index in [4.69, 9.17) is 5.73 Å². The highest BCUT2D eigenvalue weighted by molar-refractivity contribution is 5.32. The van der Waals surface area contributed by atoms with E-state index in [0.29, 0.717) is 12.0 Å². The molecule has 1 unspecified atom stereocenters. The minimum atomic E-state index is 0.320. The molecule has 0 bridgehead atoms. The number of pyridine rings is 1. The number of rotatable bonds is 2. The molecule has 0 aliphatic heterocycles. The normalized spacial score (nSPS) is 20.1. The number of aromatic nitrogens is 1. The summed E-state index contributed by atoms with van der Waals surface area (Å²) in [5.41, 5.74) is 9.90. The quantitative estimate of drug-likeness (QED) is 0.771. The van der Waals surface area contributed by atoms with Crippen LogP contribution in [0, 0.1) is 5.92 Å². The summed E-state index contributed by atoms with van der Waals surface area (Å²) in [4.78, 5) is 4.47. The summed E-state index contributed by atoms with van der Waals surface area (Å²) in [7, 11) is 0. The van der Waals surface area contributed by atoms with Crippen molar-refractivity contribution in [1.82, 2.24) is 4.98 Å². The highest BCUT2D eigenvalue weighted by Crippen LogP contribution is 2.21. The first-order chi connectivity index (χ1) is 6.65. The first-order valence-corrected chi connectivity index (χ1v) is 5.37. The Morgan fingerprint density at radius 3 is 2.86 bits per heavy atom. The van der Waals surface area contributed by atoms with E-state index in [9.17, 15) is 0 Å². The Kier molecular flexibility index (Phi) is 2.55. The Morgan fingerprint density at radius 1 is 1.43 bits per heavy atom. The van der Waals surface area contributed by atoms with E-state index in [2.05, 4.69) is 24.9 Å². The molecule has 0 aromatic carbocycles. The van der Waals surface area contributed by atoms with Gasteiger partial charge >= 0.3 is 0 Å². The van der Waals surface area contributed by atoms with Crippen molar-refractivity contribution in [3.8, 4) is 0 Å². The second kappa shape index (κ2) is 3.70. The largest absolute Gasteiger partial charge is 0.327 e. The molecule has 0 saturated heterocycles. The van der Waals surface area contributed by atoms with Gasteiger partial charge in [-0.3, -0.25) is 4.98 Å². The number of hydrogen-bond acceptors (Lipinski definition) is 2. The van der Waals surface area contributed by atoms with Crippen molar-refractivity contribution in [3.63, 3.8) is 0 Å². The fourth-order valence-corrected chi connectivity index (χ4v) is 2.12. The van der Waals surface area contributed by atoms with E-state index < -0.39 is 0 Å². The van der Waals surface area contributed by atoms with Gasteiger partial charge in [0, 0.05) is 17.9 Å². The second-order valence-electron chi connectivity index (χ2n) is 4.71. The number of nitrogens with two attached hydrogens (primary N) is 1. The van der Waals surface area contributed by atoms with Crippen LogP contribution in [0.1, 0.15) is 30.7 Å². The van der Waals surface area contributed by atoms with Gasteiger partial charge in [0.1, 0.15) is 0 Å². The van der Waals surface area contributed by atoms with Crippen LogP contribution in [0.4, 0.5) is 0 Å². The van der Waals surface area contributed by atoms with E-state index in [0.717, 1.165) is 19.3 Å². The molecule has 1 aromatic rings. The maximum atomic E-state index is 5.91. The molecule has 2 rings (SSSR count). The fraction of sp³-hybridized carbons (Fsp3) is 0.583. The number of nitrogens with zero attached hydrogens (tertiary/aromatic N) is 1. The molecule has 0 spiro atoms. The average Bonchev–Trinajstić information content (AvgIpc) is 2.42. The van der Waals surface area contributed by atoms with Crippen molar-refractivity contribution in [1.29, 1.82) is 0 Å². The van der Waals surface area contributed by atoms with Crippen molar-refractivity contribution in [2.24, 2.45) is 11.7 Å². The van der Waals surface area contributed by atoms with Gasteiger partial charge in [-0.1, -0.05) is 13.8 Å². The number of fused-ring (bicyclic) bond motifs is 1. The molecule has 14 heavy (non-hydrogen) atoms. The summed E-state index contributed by atoms with van der Waals surface area (Å²) in [5, 5.41) is 0. The van der Waals surface area contributed by atoms with Gasteiger partial charge in [0.25, 0.3) is 0 Å². The molecule has 0 amide bonds. The van der Waals surface area contributed by atoms with Crippen LogP contribution in [-0.2, 0) is 19.3 Å². The predicted octanol–water partition coefficient (Wildman–Crippen LogP) is 1.71. The Hall–Kier alpha value is -0.890. The molecule has 1 aliphatic carbocycles. The zero-order chi connectivity index (χ0) is 10.1. The Bertz CT molecular complexity index is 331. The fourth-order valence-electron chi connectivity index (χ4n) is 2.12. The summed E-state index contributed by atoms with van der Waals surface area (Å²) < 4.78 is 0. The van der Waals surface area contributed by atoms with Gasteiger partial charge in [0.2, 0.25) is 0 Å². The van der Waals surface area contributed by atoms with Crippen LogP contribution < -0.4 is 5.73 Å². The van der Waals surface area contributed by atoms with E-state index in [-0.39, 0.29) is 0 Å². The van der Waals surface area contributed by atoms with Crippen molar-refractivity contribution in [3.05, 3.63) is 29.1 Å². The lowest BCUT2D eigenvalue weighted by Crippen LogP contribution is -2.18. The molecular weight excluding hydrogens is 172 g/mol. The molecule has 0 saturated carbocycles. The molecule has 2 N–H and O–H groups in total. The summed E-state index contributed by atoms with van der Waals surface area (Å²) >= 11 is 0. The van der Waals surface area contributed by atoms with Crippen LogP contribution in [0.25, 0.3) is 0 Å². The Labute approximate surface area is 85.5 Å². The van der Waals surface area contributed by atoms with Crippen LogP contribution in [0.2, 0.25) is 0 Å². The van der Waals surface area contributed by atoms with Crippen LogP contribution in [0.3, 0.4) is 0 Å². The van der Waals surface area contributed by atoms with Gasteiger partial charge in [0.15, 0.2) is 0 Å². The lowest BCUT2D eigenvalue weighted by atomic mass is 10.0. The van der Waals surface area contributed by atoms with Gasteiger partial charge < -0.3 is 5.73 Å². The zero-order valence-electron chi connectivity index (χ0n) is 8.96. The van der Waals surface area contributed by atoms with Crippen molar-refractivity contribution >= 4 is 0 Å². The highest BCUT2D eigenvalue weighted by Gasteiger charge is 2.18. The van der Waals surface area contributed by atoms with Gasteiger partial charge in [-0.2, -0.15) is 0 Å². The third kappa shape index (κ3) is 1.95. The smallest absolute Gasteiger partial charge is 0.0409 e. The molecule has 1 heterocycles. The van der Waals surface area contributed by atoms with Gasteiger partial charge in [-0.15, -0.1) is 0 Å². The van der Waals surface area contributed by atoms with Crippen LogP contribution >= 0.6 is 0 Å². The van der Waals surface area contributed by atoms with Crippen LogP contribution in [0.5, 0.6) is 0 Å². The first-order valence-electron chi connectivity index (χ1n) is 5.37. The standard InChI is InChI=1S/C12H18N2/c1-8(2)3-12-6-9-4-11(13)5-10(9)7-14-12/h6-8,11H,3-5,13H2,1-2H3. The summed E-state index contributed by atoms with van der Waals surface area (Å²) in [5.74, 6) is 0.677. The molecule has 76 valence electrons. The highest BCUT2D eigenvalue weighted by atomic mass is 14.7. The monoisotopic (exact) mass is 190 g/mol. The molecular formula is C12H18N2. The average molecular weight is 190 g/mol. The molecule has 1 aliphatic rings. The SMILES string of the molecule is CC(C)Cc1cc2c(cn1)CC(N)C2. The van der Waals surface area contributed by atoms with E-state index in [1.807, 2.05) is 6.20 Å². The molecule has 1 aromatic heterocycles.